The molecule has 0 saturated carbocycles. The first-order valence-corrected chi connectivity index (χ1v) is 17.5. The van der Waals surface area contributed by atoms with Crippen molar-refractivity contribution in [1.82, 2.24) is 0 Å². The van der Waals surface area contributed by atoms with Crippen LogP contribution < -0.4 is 0 Å². The van der Waals surface area contributed by atoms with Gasteiger partial charge in [0.1, 0.15) is 0 Å². The first kappa shape index (κ1) is 35.7. The van der Waals surface area contributed by atoms with Crippen LogP contribution in [-0.2, 0) is 0 Å². The Kier molecular flexibility index (Phi) is 34.5. The molecule has 0 bridgehead atoms. The zero-order chi connectivity index (χ0) is 26.0. The Balaban J connectivity index is 3.01. The summed E-state index contributed by atoms with van der Waals surface area (Å²) >= 11 is 0. The van der Waals surface area contributed by atoms with Crippen LogP contribution in [0.3, 0.4) is 0 Å². The highest BCUT2D eigenvalue weighted by molar-refractivity contribution is 4.76. The number of rotatable bonds is 32. The predicted octanol–water partition coefficient (Wildman–Crippen LogP) is 14.1. The molecule has 0 heterocycles. The molecule has 0 rings (SSSR count). The molecule has 36 heavy (non-hydrogen) atoms. The number of hydrogen-bond donors (Lipinski definition) is 0. The fourth-order valence-corrected chi connectivity index (χ4v) is 5.63. The van der Waals surface area contributed by atoms with E-state index in [1.165, 1.54) is 205 Å². The summed E-state index contributed by atoms with van der Waals surface area (Å²) in [7, 11) is 0. The molecule has 0 saturated heterocycles. The Labute approximate surface area is 231 Å². The summed E-state index contributed by atoms with van der Waals surface area (Å²) in [5.74, 6) is 0. The third kappa shape index (κ3) is 33.7. The summed E-state index contributed by atoms with van der Waals surface area (Å²) in [5, 5.41) is 0. The molecule has 0 N–H and O–H groups in total. The highest BCUT2D eigenvalue weighted by Gasteiger charge is 1.97. The molecule has 0 nitrogen and oxygen atoms in total. The third-order valence-electron chi connectivity index (χ3n) is 8.21. The van der Waals surface area contributed by atoms with E-state index in [4.69, 9.17) is 0 Å². The van der Waals surface area contributed by atoms with Crippen LogP contribution in [0.1, 0.15) is 219 Å². The zero-order valence-electron chi connectivity index (χ0n) is 25.8. The van der Waals surface area contributed by atoms with Gasteiger partial charge in [0.2, 0.25) is 0 Å². The van der Waals surface area contributed by atoms with E-state index in [1.807, 2.05) is 0 Å². The molecule has 0 radical (unpaired) electrons. The summed E-state index contributed by atoms with van der Waals surface area (Å²) in [5.41, 5.74) is 0. The maximum atomic E-state index is 2.31. The van der Waals surface area contributed by atoms with E-state index in [-0.39, 0.29) is 0 Å². The Morgan fingerprint density at radius 1 is 0.278 bits per heavy atom. The minimum Gasteiger partial charge on any atom is -0.0917 e. The summed E-state index contributed by atoms with van der Waals surface area (Å²) in [6, 6.07) is 0. The minimum atomic E-state index is 1.29. The monoisotopic (exact) mass is 505 g/mol. The van der Waals surface area contributed by atoms with Gasteiger partial charge >= 0.3 is 0 Å². The first-order valence-electron chi connectivity index (χ1n) is 17.5. The summed E-state index contributed by atoms with van der Waals surface area (Å²) in [6.07, 6.45) is 51.6. The van der Waals surface area contributed by atoms with Crippen LogP contribution in [0.25, 0.3) is 0 Å². The molecule has 0 aromatic rings. The van der Waals surface area contributed by atoms with E-state index < -0.39 is 0 Å². The van der Waals surface area contributed by atoms with E-state index in [1.54, 1.807) is 0 Å². The van der Waals surface area contributed by atoms with E-state index in [0.717, 1.165) is 0 Å². The lowest BCUT2D eigenvalue weighted by Gasteiger charge is -2.04. The molecular weight excluding hydrogens is 432 g/mol. The highest BCUT2D eigenvalue weighted by Crippen LogP contribution is 2.16. The van der Waals surface area contributed by atoms with Crippen molar-refractivity contribution < 1.29 is 0 Å². The van der Waals surface area contributed by atoms with Crippen molar-refractivity contribution in [3.8, 4) is 0 Å². The van der Waals surface area contributed by atoms with E-state index in [2.05, 4.69) is 26.0 Å². The molecule has 0 spiro atoms. The van der Waals surface area contributed by atoms with Crippen LogP contribution in [-0.4, -0.2) is 0 Å². The first-order chi connectivity index (χ1) is 17.9. The van der Waals surface area contributed by atoms with Gasteiger partial charge in [-0.1, -0.05) is 212 Å². The van der Waals surface area contributed by atoms with Gasteiger partial charge in [0.15, 0.2) is 0 Å². The van der Waals surface area contributed by atoms with Crippen molar-refractivity contribution in [3.63, 3.8) is 0 Å². The molecule has 0 unspecified atom stereocenters. The maximum Gasteiger partial charge on any atom is -0.0351 e. The molecular formula is C36H72. The van der Waals surface area contributed by atoms with Gasteiger partial charge < -0.3 is 0 Å². The predicted molar refractivity (Wildman–Crippen MR) is 168 cm³/mol. The molecule has 0 aromatic heterocycles. The van der Waals surface area contributed by atoms with E-state index in [0.29, 0.717) is 0 Å². The summed E-state index contributed by atoms with van der Waals surface area (Å²) < 4.78 is 0. The smallest absolute Gasteiger partial charge is 0.0351 e. The number of unbranched alkanes of at least 4 members (excludes halogenated alkanes) is 31. The van der Waals surface area contributed by atoms with E-state index >= 15 is 0 Å². The largest absolute Gasteiger partial charge is 0.0917 e. The minimum absolute atomic E-state index is 1.29. The second-order valence-electron chi connectivity index (χ2n) is 12.0. The van der Waals surface area contributed by atoms with Crippen molar-refractivity contribution >= 4 is 0 Å². The second-order valence-corrected chi connectivity index (χ2v) is 12.0. The summed E-state index contributed by atoms with van der Waals surface area (Å²) in [6.45, 7) is 4.44. The topological polar surface area (TPSA) is 0 Å². The fraction of sp³-hybridized carbons (Fsp3) is 0.944. The standard InChI is InChI=1S/C36H72/c1-3-5-7-9-11-13-15-17-19-21-23-25-27-29-31-33-35-36-34-32-30-28-26-24-22-20-18-16-14-12-10-8-6-4-2/h3,5H,4,6-36H2,1-2H3. The third-order valence-corrected chi connectivity index (χ3v) is 8.21. The van der Waals surface area contributed by atoms with Gasteiger partial charge in [-0.3, -0.25) is 0 Å². The average molecular weight is 505 g/mol. The highest BCUT2D eigenvalue weighted by atomic mass is 14.0. The van der Waals surface area contributed by atoms with Crippen molar-refractivity contribution in [3.05, 3.63) is 12.2 Å². The second kappa shape index (κ2) is 34.7. The van der Waals surface area contributed by atoms with Gasteiger partial charge in [0.25, 0.3) is 0 Å². The van der Waals surface area contributed by atoms with Crippen LogP contribution in [0.4, 0.5) is 0 Å². The molecule has 0 heteroatoms. The Morgan fingerprint density at radius 2 is 0.472 bits per heavy atom. The molecule has 0 atom stereocenters. The van der Waals surface area contributed by atoms with Crippen LogP contribution in [0.5, 0.6) is 0 Å². The van der Waals surface area contributed by atoms with Crippen molar-refractivity contribution in [2.75, 3.05) is 0 Å². The van der Waals surface area contributed by atoms with E-state index in [9.17, 15) is 0 Å². The van der Waals surface area contributed by atoms with Crippen LogP contribution >= 0.6 is 0 Å². The van der Waals surface area contributed by atoms with Crippen molar-refractivity contribution in [2.24, 2.45) is 0 Å². The lowest BCUT2D eigenvalue weighted by molar-refractivity contribution is 0.512. The molecule has 0 fully saturated rings. The Bertz CT molecular complexity index is 381. The lowest BCUT2D eigenvalue weighted by Crippen LogP contribution is -1.85. The molecule has 0 aromatic carbocycles. The van der Waals surface area contributed by atoms with Gasteiger partial charge in [-0.05, 0) is 19.8 Å². The van der Waals surface area contributed by atoms with Gasteiger partial charge in [0, 0.05) is 0 Å². The average Bonchev–Trinajstić information content (AvgIpc) is 2.89. The quantitative estimate of drug-likeness (QED) is 0.0631. The van der Waals surface area contributed by atoms with Gasteiger partial charge in [-0.15, -0.1) is 0 Å². The normalized spacial score (nSPS) is 11.7. The molecule has 0 aliphatic heterocycles. The van der Waals surface area contributed by atoms with Crippen molar-refractivity contribution in [2.45, 2.75) is 219 Å². The summed E-state index contributed by atoms with van der Waals surface area (Å²) in [4.78, 5) is 0. The van der Waals surface area contributed by atoms with Gasteiger partial charge in [-0.25, -0.2) is 0 Å². The fourth-order valence-electron chi connectivity index (χ4n) is 5.63. The van der Waals surface area contributed by atoms with Gasteiger partial charge in [0.05, 0.1) is 0 Å². The maximum absolute atomic E-state index is 2.31. The van der Waals surface area contributed by atoms with Crippen LogP contribution in [0, 0.1) is 0 Å². The van der Waals surface area contributed by atoms with Gasteiger partial charge in [-0.2, -0.15) is 0 Å². The Hall–Kier alpha value is -0.260. The SMILES string of the molecule is CC=CCCCCCCCCCCCCCCCCCCCCCCCCCCCCCCCCC. The number of hydrogen-bond acceptors (Lipinski definition) is 0. The zero-order valence-corrected chi connectivity index (χ0v) is 25.8. The van der Waals surface area contributed by atoms with Crippen molar-refractivity contribution in [1.29, 1.82) is 0 Å². The molecule has 0 amide bonds. The Morgan fingerprint density at radius 3 is 0.667 bits per heavy atom. The molecule has 0 aliphatic rings. The number of allylic oxidation sites excluding steroid dienone is 2. The van der Waals surface area contributed by atoms with Crippen LogP contribution in [0.2, 0.25) is 0 Å². The molecule has 216 valence electrons. The van der Waals surface area contributed by atoms with Crippen LogP contribution in [0.15, 0.2) is 12.2 Å². The lowest BCUT2D eigenvalue weighted by atomic mass is 10.0. The molecule has 0 aliphatic carbocycles.